The fourth-order valence-electron chi connectivity index (χ4n) is 1.25. The van der Waals surface area contributed by atoms with E-state index >= 15 is 0 Å². The van der Waals surface area contributed by atoms with Crippen LogP contribution < -0.4 is 0 Å². The standard InChI is InChI=1S/C10H14O.CH2O2/c1-8(2)10-5-3-9(7-11)4-6-10;2-1-3/h3,5,7-8H,4,6H2,1-2H3;1H,(H,2,3). The summed E-state index contributed by atoms with van der Waals surface area (Å²) >= 11 is 0. The van der Waals surface area contributed by atoms with Gasteiger partial charge in [0.2, 0.25) is 0 Å². The number of carboxylic acid groups (broad SMARTS) is 1. The van der Waals surface area contributed by atoms with E-state index in [0.29, 0.717) is 5.92 Å². The van der Waals surface area contributed by atoms with Crippen LogP contribution in [-0.2, 0) is 9.59 Å². The quantitative estimate of drug-likeness (QED) is 0.689. The lowest BCUT2D eigenvalue weighted by atomic mass is 9.92. The van der Waals surface area contributed by atoms with Crippen LogP contribution in [0.2, 0.25) is 0 Å². The van der Waals surface area contributed by atoms with Gasteiger partial charge < -0.3 is 5.11 Å². The Morgan fingerprint density at radius 3 is 2.14 bits per heavy atom. The van der Waals surface area contributed by atoms with Crippen molar-refractivity contribution in [1.29, 1.82) is 0 Å². The summed E-state index contributed by atoms with van der Waals surface area (Å²) in [5.74, 6) is 0.624. The molecule has 0 spiro atoms. The number of carbonyl (C=O) groups is 2. The molecule has 0 aromatic rings. The second-order valence-electron chi connectivity index (χ2n) is 3.36. The van der Waals surface area contributed by atoms with Gasteiger partial charge in [-0.25, -0.2) is 0 Å². The highest BCUT2D eigenvalue weighted by atomic mass is 16.3. The van der Waals surface area contributed by atoms with Gasteiger partial charge in [0, 0.05) is 0 Å². The molecule has 0 unspecified atom stereocenters. The Balaban J connectivity index is 0.000000500. The van der Waals surface area contributed by atoms with Crippen LogP contribution in [0.1, 0.15) is 26.7 Å². The van der Waals surface area contributed by atoms with Crippen molar-refractivity contribution in [3.05, 3.63) is 23.3 Å². The molecule has 0 amide bonds. The zero-order valence-corrected chi connectivity index (χ0v) is 8.56. The summed E-state index contributed by atoms with van der Waals surface area (Å²) in [5.41, 5.74) is 2.38. The molecule has 0 aromatic heterocycles. The second-order valence-corrected chi connectivity index (χ2v) is 3.36. The molecule has 0 aromatic carbocycles. The third kappa shape index (κ3) is 4.60. The molecule has 78 valence electrons. The molecule has 1 rings (SSSR count). The fourth-order valence-corrected chi connectivity index (χ4v) is 1.25. The van der Waals surface area contributed by atoms with Gasteiger partial charge in [0.25, 0.3) is 6.47 Å². The van der Waals surface area contributed by atoms with Gasteiger partial charge in [0.1, 0.15) is 6.29 Å². The van der Waals surface area contributed by atoms with Crippen LogP contribution in [-0.4, -0.2) is 17.9 Å². The number of aldehydes is 1. The Morgan fingerprint density at radius 1 is 1.29 bits per heavy atom. The van der Waals surface area contributed by atoms with E-state index in [1.807, 2.05) is 6.08 Å². The largest absolute Gasteiger partial charge is 0.483 e. The monoisotopic (exact) mass is 196 g/mol. The summed E-state index contributed by atoms with van der Waals surface area (Å²) in [6, 6.07) is 0. The number of hydrogen-bond donors (Lipinski definition) is 1. The third-order valence-corrected chi connectivity index (χ3v) is 2.11. The minimum atomic E-state index is -0.250. The molecule has 14 heavy (non-hydrogen) atoms. The van der Waals surface area contributed by atoms with E-state index in [9.17, 15) is 4.79 Å². The highest BCUT2D eigenvalue weighted by molar-refractivity contribution is 5.74. The first-order valence-corrected chi connectivity index (χ1v) is 4.58. The summed E-state index contributed by atoms with van der Waals surface area (Å²) in [6.07, 6.45) is 6.95. The Morgan fingerprint density at radius 2 is 1.86 bits per heavy atom. The zero-order chi connectivity index (χ0) is 11.0. The molecular weight excluding hydrogens is 180 g/mol. The molecule has 0 aliphatic heterocycles. The summed E-state index contributed by atoms with van der Waals surface area (Å²) < 4.78 is 0. The molecule has 0 heterocycles. The molecule has 0 saturated heterocycles. The lowest BCUT2D eigenvalue weighted by molar-refractivity contribution is -0.122. The molecule has 0 bridgehead atoms. The van der Waals surface area contributed by atoms with Crippen LogP contribution in [0.25, 0.3) is 0 Å². The van der Waals surface area contributed by atoms with Crippen LogP contribution in [0.15, 0.2) is 23.3 Å². The van der Waals surface area contributed by atoms with Crippen LogP contribution in [0.4, 0.5) is 0 Å². The number of rotatable bonds is 2. The maximum atomic E-state index is 10.3. The Kier molecular flexibility index (Phi) is 6.37. The average molecular weight is 196 g/mol. The van der Waals surface area contributed by atoms with Crippen molar-refractivity contribution in [2.24, 2.45) is 5.92 Å². The summed E-state index contributed by atoms with van der Waals surface area (Å²) in [4.78, 5) is 18.7. The van der Waals surface area contributed by atoms with E-state index in [1.165, 1.54) is 5.57 Å². The van der Waals surface area contributed by atoms with E-state index in [2.05, 4.69) is 19.9 Å². The van der Waals surface area contributed by atoms with Gasteiger partial charge in [-0.3, -0.25) is 9.59 Å². The van der Waals surface area contributed by atoms with E-state index in [1.54, 1.807) is 0 Å². The Labute approximate surface area is 84.1 Å². The molecular formula is C11H16O3. The van der Waals surface area contributed by atoms with Gasteiger partial charge in [-0.15, -0.1) is 0 Å². The minimum absolute atomic E-state index is 0.250. The van der Waals surface area contributed by atoms with Crippen molar-refractivity contribution in [2.45, 2.75) is 26.7 Å². The Hall–Kier alpha value is -1.38. The van der Waals surface area contributed by atoms with Crippen LogP contribution in [0.5, 0.6) is 0 Å². The van der Waals surface area contributed by atoms with Gasteiger partial charge in [0.15, 0.2) is 0 Å². The molecule has 0 saturated carbocycles. The maximum Gasteiger partial charge on any atom is 0.290 e. The van der Waals surface area contributed by atoms with Gasteiger partial charge in [0.05, 0.1) is 0 Å². The van der Waals surface area contributed by atoms with Gasteiger partial charge >= 0.3 is 0 Å². The average Bonchev–Trinajstić information content (AvgIpc) is 2.19. The van der Waals surface area contributed by atoms with Gasteiger partial charge in [-0.1, -0.05) is 31.6 Å². The van der Waals surface area contributed by atoms with Crippen molar-refractivity contribution in [3.8, 4) is 0 Å². The van der Waals surface area contributed by atoms with Crippen LogP contribution >= 0.6 is 0 Å². The van der Waals surface area contributed by atoms with Crippen molar-refractivity contribution in [1.82, 2.24) is 0 Å². The minimum Gasteiger partial charge on any atom is -0.483 e. The zero-order valence-electron chi connectivity index (χ0n) is 8.56. The van der Waals surface area contributed by atoms with Crippen LogP contribution in [0, 0.1) is 5.92 Å². The lowest BCUT2D eigenvalue weighted by Crippen LogP contribution is -1.99. The summed E-state index contributed by atoms with van der Waals surface area (Å²) in [7, 11) is 0. The number of carbonyl (C=O) groups excluding carboxylic acids is 1. The third-order valence-electron chi connectivity index (χ3n) is 2.11. The first-order chi connectivity index (χ1) is 6.65. The van der Waals surface area contributed by atoms with E-state index in [-0.39, 0.29) is 6.47 Å². The van der Waals surface area contributed by atoms with Crippen molar-refractivity contribution < 1.29 is 14.7 Å². The van der Waals surface area contributed by atoms with Crippen molar-refractivity contribution in [2.75, 3.05) is 0 Å². The molecule has 1 aliphatic rings. The van der Waals surface area contributed by atoms with E-state index in [0.717, 1.165) is 24.7 Å². The van der Waals surface area contributed by atoms with Crippen LogP contribution in [0.3, 0.4) is 0 Å². The molecule has 1 N–H and O–H groups in total. The predicted molar refractivity (Wildman–Crippen MR) is 55.0 cm³/mol. The number of hydrogen-bond acceptors (Lipinski definition) is 2. The SMILES string of the molecule is CC(C)C1=CC=C(C=O)CC1.O=CO. The highest BCUT2D eigenvalue weighted by Crippen LogP contribution is 2.22. The summed E-state index contributed by atoms with van der Waals surface area (Å²) in [6.45, 7) is 4.12. The van der Waals surface area contributed by atoms with Gasteiger partial charge in [-0.05, 0) is 24.3 Å². The fraction of sp³-hybridized carbons (Fsp3) is 0.455. The normalized spacial score (nSPS) is 14.8. The smallest absolute Gasteiger partial charge is 0.290 e. The second kappa shape index (κ2) is 7.06. The summed E-state index contributed by atoms with van der Waals surface area (Å²) in [5, 5.41) is 6.89. The van der Waals surface area contributed by atoms with E-state index < -0.39 is 0 Å². The molecule has 0 fully saturated rings. The molecule has 0 radical (unpaired) electrons. The molecule has 3 heteroatoms. The van der Waals surface area contributed by atoms with Gasteiger partial charge in [-0.2, -0.15) is 0 Å². The predicted octanol–water partition coefficient (Wildman–Crippen LogP) is 2.19. The van der Waals surface area contributed by atoms with Crippen molar-refractivity contribution >= 4 is 12.8 Å². The van der Waals surface area contributed by atoms with Crippen molar-refractivity contribution in [3.63, 3.8) is 0 Å². The highest BCUT2D eigenvalue weighted by Gasteiger charge is 2.07. The molecule has 0 atom stereocenters. The molecule has 1 aliphatic carbocycles. The lowest BCUT2D eigenvalue weighted by Gasteiger charge is -2.14. The topological polar surface area (TPSA) is 54.4 Å². The van der Waals surface area contributed by atoms with E-state index in [4.69, 9.17) is 9.90 Å². The maximum absolute atomic E-state index is 10.3. The Bertz CT molecular complexity index is 249. The first-order valence-electron chi connectivity index (χ1n) is 4.58. The first kappa shape index (κ1) is 12.6. The number of allylic oxidation sites excluding steroid dienone is 4. The molecule has 3 nitrogen and oxygen atoms in total.